The highest BCUT2D eigenvalue weighted by molar-refractivity contribution is 5.78. The first-order valence-corrected chi connectivity index (χ1v) is 9.37. The third-order valence-electron chi connectivity index (χ3n) is 4.83. The van der Waals surface area contributed by atoms with E-state index in [4.69, 9.17) is 4.74 Å². The zero-order valence-corrected chi connectivity index (χ0v) is 16.1. The van der Waals surface area contributed by atoms with E-state index in [2.05, 4.69) is 19.9 Å². The molecule has 3 rings (SSSR count). The summed E-state index contributed by atoms with van der Waals surface area (Å²) in [4.78, 5) is 21.5. The Morgan fingerprint density at radius 1 is 1.22 bits per heavy atom. The molecule has 1 aromatic carbocycles. The minimum absolute atomic E-state index is 0.0411. The van der Waals surface area contributed by atoms with Crippen LogP contribution in [0.4, 0.5) is 0 Å². The fourth-order valence-corrected chi connectivity index (χ4v) is 3.23. The molecule has 0 saturated heterocycles. The van der Waals surface area contributed by atoms with E-state index in [1.807, 2.05) is 50.2 Å². The normalized spacial score (nSPS) is 11.1. The van der Waals surface area contributed by atoms with Gasteiger partial charge in [-0.1, -0.05) is 26.0 Å². The number of fused-ring (bicyclic) bond motifs is 1. The molecule has 0 aliphatic rings. The maximum Gasteiger partial charge on any atom is 0.223 e. The molecule has 3 aromatic rings. The molecule has 2 heterocycles. The van der Waals surface area contributed by atoms with Crippen LogP contribution in [0.5, 0.6) is 5.75 Å². The van der Waals surface area contributed by atoms with Crippen LogP contribution in [-0.4, -0.2) is 27.6 Å². The molecule has 0 aliphatic carbocycles. The number of pyridine rings is 1. The molecule has 0 aliphatic heterocycles. The summed E-state index contributed by atoms with van der Waals surface area (Å²) in [7, 11) is 1.66. The SMILES string of the molecule is CCC(CC)C(=O)NCc1nc2cccnc2n1Cc1cccc(OC)c1. The van der Waals surface area contributed by atoms with Gasteiger partial charge in [-0.05, 0) is 42.7 Å². The predicted molar refractivity (Wildman–Crippen MR) is 106 cm³/mol. The molecule has 1 amide bonds. The second kappa shape index (κ2) is 8.66. The first kappa shape index (κ1) is 18.9. The molecule has 6 nitrogen and oxygen atoms in total. The number of carbonyl (C=O) groups is 1. The monoisotopic (exact) mass is 366 g/mol. The van der Waals surface area contributed by atoms with Gasteiger partial charge in [-0.25, -0.2) is 9.97 Å². The standard InChI is InChI=1S/C21H26N4O2/c1-4-16(5-2)21(26)23-13-19-24-18-10-7-11-22-20(18)25(19)14-15-8-6-9-17(12-15)27-3/h6-12,16H,4-5,13-14H2,1-3H3,(H,23,26). The van der Waals surface area contributed by atoms with Gasteiger partial charge >= 0.3 is 0 Å². The topological polar surface area (TPSA) is 69.0 Å². The zero-order chi connectivity index (χ0) is 19.2. The Labute approximate surface area is 159 Å². The van der Waals surface area contributed by atoms with Gasteiger partial charge in [-0.2, -0.15) is 0 Å². The summed E-state index contributed by atoms with van der Waals surface area (Å²) >= 11 is 0. The second-order valence-corrected chi connectivity index (χ2v) is 6.54. The molecule has 0 unspecified atom stereocenters. The van der Waals surface area contributed by atoms with E-state index in [1.165, 1.54) is 0 Å². The summed E-state index contributed by atoms with van der Waals surface area (Å²) in [6.45, 7) is 5.07. The average molecular weight is 366 g/mol. The van der Waals surface area contributed by atoms with Crippen molar-refractivity contribution in [1.29, 1.82) is 0 Å². The number of amides is 1. The van der Waals surface area contributed by atoms with Crippen molar-refractivity contribution in [3.05, 3.63) is 54.0 Å². The molecule has 0 atom stereocenters. The van der Waals surface area contributed by atoms with Crippen molar-refractivity contribution in [3.8, 4) is 5.75 Å². The molecular formula is C21H26N4O2. The first-order chi connectivity index (χ1) is 13.2. The number of nitrogens with one attached hydrogen (secondary N) is 1. The first-order valence-electron chi connectivity index (χ1n) is 9.37. The van der Waals surface area contributed by atoms with Crippen LogP contribution in [0.25, 0.3) is 11.2 Å². The van der Waals surface area contributed by atoms with Gasteiger partial charge in [0.05, 0.1) is 20.2 Å². The van der Waals surface area contributed by atoms with Crippen LogP contribution in [0.2, 0.25) is 0 Å². The largest absolute Gasteiger partial charge is 0.497 e. The van der Waals surface area contributed by atoms with Crippen LogP contribution in [0.3, 0.4) is 0 Å². The average Bonchev–Trinajstić information content (AvgIpc) is 3.05. The minimum atomic E-state index is 0.0411. The van der Waals surface area contributed by atoms with Gasteiger partial charge in [0.25, 0.3) is 0 Å². The molecule has 2 aromatic heterocycles. The van der Waals surface area contributed by atoms with Crippen LogP contribution < -0.4 is 10.1 Å². The molecule has 142 valence electrons. The highest BCUT2D eigenvalue weighted by Crippen LogP contribution is 2.19. The summed E-state index contributed by atoms with van der Waals surface area (Å²) in [5.74, 6) is 1.73. The molecule has 0 saturated carbocycles. The van der Waals surface area contributed by atoms with Crippen molar-refractivity contribution in [2.75, 3.05) is 7.11 Å². The number of imidazole rings is 1. The second-order valence-electron chi connectivity index (χ2n) is 6.54. The van der Waals surface area contributed by atoms with Crippen LogP contribution in [0.1, 0.15) is 38.1 Å². The lowest BCUT2D eigenvalue weighted by molar-refractivity contribution is -0.125. The Balaban J connectivity index is 1.88. The maximum atomic E-state index is 12.4. The molecule has 1 N–H and O–H groups in total. The summed E-state index contributed by atoms with van der Waals surface area (Å²) in [5.41, 5.74) is 2.73. The molecule has 27 heavy (non-hydrogen) atoms. The fourth-order valence-electron chi connectivity index (χ4n) is 3.23. The lowest BCUT2D eigenvalue weighted by Gasteiger charge is -2.14. The predicted octanol–water partition coefficient (Wildman–Crippen LogP) is 3.54. The molecule has 0 spiro atoms. The Morgan fingerprint density at radius 2 is 2.04 bits per heavy atom. The maximum absolute atomic E-state index is 12.4. The van der Waals surface area contributed by atoms with E-state index in [9.17, 15) is 4.79 Å². The lowest BCUT2D eigenvalue weighted by atomic mass is 10.0. The van der Waals surface area contributed by atoms with Crippen LogP contribution in [0, 0.1) is 5.92 Å². The van der Waals surface area contributed by atoms with E-state index in [0.29, 0.717) is 13.1 Å². The third-order valence-corrected chi connectivity index (χ3v) is 4.83. The van der Waals surface area contributed by atoms with Gasteiger partial charge in [0.2, 0.25) is 5.91 Å². The number of hydrogen-bond donors (Lipinski definition) is 1. The number of carbonyl (C=O) groups excluding carboxylic acids is 1. The summed E-state index contributed by atoms with van der Waals surface area (Å²) in [6, 6.07) is 11.7. The highest BCUT2D eigenvalue weighted by Gasteiger charge is 2.17. The third kappa shape index (κ3) is 4.27. The van der Waals surface area contributed by atoms with E-state index < -0.39 is 0 Å². The fraction of sp³-hybridized carbons (Fsp3) is 0.381. The van der Waals surface area contributed by atoms with Crippen molar-refractivity contribution >= 4 is 17.1 Å². The molecular weight excluding hydrogens is 340 g/mol. The van der Waals surface area contributed by atoms with E-state index in [-0.39, 0.29) is 11.8 Å². The summed E-state index contributed by atoms with van der Waals surface area (Å²) in [6.07, 6.45) is 3.44. The van der Waals surface area contributed by atoms with E-state index >= 15 is 0 Å². The van der Waals surface area contributed by atoms with Crippen LogP contribution in [0.15, 0.2) is 42.6 Å². The lowest BCUT2D eigenvalue weighted by Crippen LogP contribution is -2.30. The summed E-state index contributed by atoms with van der Waals surface area (Å²) in [5, 5.41) is 3.04. The van der Waals surface area contributed by atoms with E-state index in [0.717, 1.165) is 41.1 Å². The Hall–Kier alpha value is -2.89. The molecule has 6 heteroatoms. The quantitative estimate of drug-likeness (QED) is 0.662. The Kier molecular flexibility index (Phi) is 6.06. The van der Waals surface area contributed by atoms with Crippen molar-refractivity contribution < 1.29 is 9.53 Å². The van der Waals surface area contributed by atoms with Gasteiger partial charge in [-0.3, -0.25) is 4.79 Å². The smallest absolute Gasteiger partial charge is 0.223 e. The number of hydrogen-bond acceptors (Lipinski definition) is 4. The number of rotatable bonds is 8. The Bertz CT molecular complexity index is 915. The van der Waals surface area contributed by atoms with Crippen molar-refractivity contribution in [2.24, 2.45) is 5.92 Å². The number of aromatic nitrogens is 3. The molecule has 0 radical (unpaired) electrons. The van der Waals surface area contributed by atoms with Gasteiger partial charge in [0, 0.05) is 12.1 Å². The minimum Gasteiger partial charge on any atom is -0.497 e. The summed E-state index contributed by atoms with van der Waals surface area (Å²) < 4.78 is 7.38. The zero-order valence-electron chi connectivity index (χ0n) is 16.1. The Morgan fingerprint density at radius 3 is 2.78 bits per heavy atom. The van der Waals surface area contributed by atoms with Crippen LogP contribution >= 0.6 is 0 Å². The van der Waals surface area contributed by atoms with Crippen LogP contribution in [-0.2, 0) is 17.9 Å². The van der Waals surface area contributed by atoms with Gasteiger partial charge in [0.1, 0.15) is 17.1 Å². The van der Waals surface area contributed by atoms with Gasteiger partial charge in [-0.15, -0.1) is 0 Å². The van der Waals surface area contributed by atoms with Crippen molar-refractivity contribution in [3.63, 3.8) is 0 Å². The number of nitrogens with zero attached hydrogens (tertiary/aromatic N) is 3. The van der Waals surface area contributed by atoms with E-state index in [1.54, 1.807) is 13.3 Å². The highest BCUT2D eigenvalue weighted by atomic mass is 16.5. The van der Waals surface area contributed by atoms with Gasteiger partial charge < -0.3 is 14.6 Å². The number of benzene rings is 1. The van der Waals surface area contributed by atoms with Crippen molar-refractivity contribution in [2.45, 2.75) is 39.8 Å². The van der Waals surface area contributed by atoms with Gasteiger partial charge in [0.15, 0.2) is 5.65 Å². The number of ether oxygens (including phenoxy) is 1. The van der Waals surface area contributed by atoms with Crippen molar-refractivity contribution in [1.82, 2.24) is 19.9 Å². The molecule has 0 fully saturated rings. The molecule has 0 bridgehead atoms. The number of methoxy groups -OCH3 is 1.